The van der Waals surface area contributed by atoms with Gasteiger partial charge in [-0.25, -0.2) is 17.1 Å². The summed E-state index contributed by atoms with van der Waals surface area (Å²) in [4.78, 5) is 0. The van der Waals surface area contributed by atoms with Gasteiger partial charge in [0, 0.05) is 25.2 Å². The zero-order valence-corrected chi connectivity index (χ0v) is 13.0. The molecule has 0 spiro atoms. The highest BCUT2D eigenvalue weighted by molar-refractivity contribution is 7.88. The van der Waals surface area contributed by atoms with Gasteiger partial charge < -0.3 is 5.32 Å². The molecular weight excluding hydrogens is 291 g/mol. The third-order valence-electron chi connectivity index (χ3n) is 4.57. The zero-order chi connectivity index (χ0) is 15.0. The monoisotopic (exact) mass is 312 g/mol. The van der Waals surface area contributed by atoms with Gasteiger partial charge in [-0.2, -0.15) is 0 Å². The van der Waals surface area contributed by atoms with Crippen LogP contribution in [0.2, 0.25) is 0 Å². The first-order chi connectivity index (χ1) is 9.95. The van der Waals surface area contributed by atoms with Crippen molar-refractivity contribution in [1.82, 2.24) is 9.62 Å². The van der Waals surface area contributed by atoms with E-state index in [2.05, 4.69) is 5.32 Å². The summed E-state index contributed by atoms with van der Waals surface area (Å²) in [5.41, 5.74) is 1.91. The number of rotatable bonds is 3. The van der Waals surface area contributed by atoms with Gasteiger partial charge in [0.25, 0.3) is 0 Å². The first-order valence-corrected chi connectivity index (χ1v) is 9.28. The summed E-state index contributed by atoms with van der Waals surface area (Å²) in [5.74, 6) is -0.108. The van der Waals surface area contributed by atoms with Crippen molar-refractivity contribution in [2.45, 2.75) is 37.8 Å². The maximum Gasteiger partial charge on any atom is 0.211 e. The summed E-state index contributed by atoms with van der Waals surface area (Å²) < 4.78 is 38.3. The van der Waals surface area contributed by atoms with Gasteiger partial charge in [0.05, 0.1) is 6.26 Å². The minimum absolute atomic E-state index is 0.108. The van der Waals surface area contributed by atoms with Gasteiger partial charge in [-0.05, 0) is 42.9 Å². The predicted octanol–water partition coefficient (Wildman–Crippen LogP) is 1.83. The average Bonchev–Trinajstić information content (AvgIpc) is 2.83. The van der Waals surface area contributed by atoms with Crippen molar-refractivity contribution in [3.05, 3.63) is 35.1 Å². The average molecular weight is 312 g/mol. The van der Waals surface area contributed by atoms with Crippen LogP contribution in [0.25, 0.3) is 0 Å². The Kier molecular flexibility index (Phi) is 4.03. The Morgan fingerprint density at radius 2 is 1.95 bits per heavy atom. The molecule has 4 nitrogen and oxygen atoms in total. The maximum atomic E-state index is 13.7. The van der Waals surface area contributed by atoms with Gasteiger partial charge in [0.1, 0.15) is 5.82 Å². The number of sulfonamides is 1. The molecule has 1 atom stereocenters. The van der Waals surface area contributed by atoms with Gasteiger partial charge in [-0.1, -0.05) is 12.1 Å². The van der Waals surface area contributed by atoms with Crippen LogP contribution in [-0.4, -0.2) is 38.1 Å². The Morgan fingerprint density at radius 1 is 1.24 bits per heavy atom. The van der Waals surface area contributed by atoms with E-state index >= 15 is 0 Å². The number of nitrogens with one attached hydrogen (secondary N) is 1. The van der Waals surface area contributed by atoms with Crippen molar-refractivity contribution < 1.29 is 12.8 Å². The normalized spacial score (nSPS) is 24.2. The fourth-order valence-corrected chi connectivity index (χ4v) is 4.30. The highest BCUT2D eigenvalue weighted by atomic mass is 32.2. The molecule has 0 saturated carbocycles. The van der Waals surface area contributed by atoms with E-state index in [0.29, 0.717) is 19.1 Å². The van der Waals surface area contributed by atoms with Gasteiger partial charge in [-0.15, -0.1) is 0 Å². The molecule has 0 aromatic heterocycles. The lowest BCUT2D eigenvalue weighted by molar-refractivity contribution is 0.274. The quantitative estimate of drug-likeness (QED) is 0.926. The van der Waals surface area contributed by atoms with E-state index in [4.69, 9.17) is 0 Å². The van der Waals surface area contributed by atoms with Crippen LogP contribution in [0.3, 0.4) is 0 Å². The van der Waals surface area contributed by atoms with E-state index in [-0.39, 0.29) is 11.9 Å². The Hall–Kier alpha value is -0.980. The molecule has 0 amide bonds. The minimum Gasteiger partial charge on any atom is -0.307 e. The molecule has 1 saturated heterocycles. The first kappa shape index (κ1) is 14.9. The molecule has 1 aliphatic heterocycles. The maximum absolute atomic E-state index is 13.7. The van der Waals surface area contributed by atoms with E-state index in [0.717, 1.165) is 36.8 Å². The summed E-state index contributed by atoms with van der Waals surface area (Å²) in [6.07, 6.45) is 4.59. The Balaban J connectivity index is 1.62. The number of hydrogen-bond acceptors (Lipinski definition) is 3. The van der Waals surface area contributed by atoms with Crippen molar-refractivity contribution in [3.8, 4) is 0 Å². The molecule has 1 fully saturated rings. The van der Waals surface area contributed by atoms with Crippen LogP contribution in [-0.2, 0) is 16.4 Å². The number of fused-ring (bicyclic) bond motifs is 1. The SMILES string of the molecule is CS(=O)(=O)N1CCC(NC2CCc3c(F)cccc32)CC1. The Morgan fingerprint density at radius 3 is 2.62 bits per heavy atom. The van der Waals surface area contributed by atoms with E-state index < -0.39 is 10.0 Å². The molecule has 0 bridgehead atoms. The number of benzene rings is 1. The fourth-order valence-electron chi connectivity index (χ4n) is 3.42. The highest BCUT2D eigenvalue weighted by Gasteiger charge is 2.30. The molecule has 1 aromatic rings. The summed E-state index contributed by atoms with van der Waals surface area (Å²) in [7, 11) is -3.07. The van der Waals surface area contributed by atoms with Crippen LogP contribution in [0, 0.1) is 5.82 Å². The molecule has 1 unspecified atom stereocenters. The Labute approximate surface area is 125 Å². The van der Waals surface area contributed by atoms with Crippen molar-refractivity contribution in [2.24, 2.45) is 0 Å². The summed E-state index contributed by atoms with van der Waals surface area (Å²) in [6, 6.07) is 5.79. The molecule has 2 aliphatic rings. The van der Waals surface area contributed by atoms with E-state index in [1.165, 1.54) is 16.6 Å². The van der Waals surface area contributed by atoms with Crippen molar-refractivity contribution in [3.63, 3.8) is 0 Å². The zero-order valence-electron chi connectivity index (χ0n) is 12.2. The van der Waals surface area contributed by atoms with Crippen LogP contribution in [0.15, 0.2) is 18.2 Å². The Bertz CT molecular complexity index is 625. The summed E-state index contributed by atoms with van der Waals surface area (Å²) in [5, 5.41) is 3.59. The number of piperidine rings is 1. The van der Waals surface area contributed by atoms with Crippen LogP contribution < -0.4 is 5.32 Å². The molecule has 6 heteroatoms. The highest BCUT2D eigenvalue weighted by Crippen LogP contribution is 2.33. The second kappa shape index (κ2) is 5.66. The first-order valence-electron chi connectivity index (χ1n) is 7.43. The largest absolute Gasteiger partial charge is 0.307 e. The topological polar surface area (TPSA) is 49.4 Å². The number of nitrogens with zero attached hydrogens (tertiary/aromatic N) is 1. The molecule has 116 valence electrons. The molecule has 0 radical (unpaired) electrons. The molecule has 21 heavy (non-hydrogen) atoms. The van der Waals surface area contributed by atoms with Crippen LogP contribution in [0.1, 0.15) is 36.4 Å². The third kappa shape index (κ3) is 3.12. The smallest absolute Gasteiger partial charge is 0.211 e. The fraction of sp³-hybridized carbons (Fsp3) is 0.600. The second-order valence-electron chi connectivity index (χ2n) is 6.00. The molecule has 1 aliphatic carbocycles. The number of hydrogen-bond donors (Lipinski definition) is 1. The van der Waals surface area contributed by atoms with Gasteiger partial charge in [-0.3, -0.25) is 0 Å². The lowest BCUT2D eigenvalue weighted by Crippen LogP contribution is -2.45. The lowest BCUT2D eigenvalue weighted by atomic mass is 10.0. The third-order valence-corrected chi connectivity index (χ3v) is 5.88. The standard InChI is InChI=1S/C15H21FN2O2S/c1-21(19,20)18-9-7-11(8-10-18)17-15-6-5-12-13(15)3-2-4-14(12)16/h2-4,11,15,17H,5-10H2,1H3. The van der Waals surface area contributed by atoms with Crippen LogP contribution in [0.5, 0.6) is 0 Å². The molecule has 1 N–H and O–H groups in total. The van der Waals surface area contributed by atoms with E-state index in [9.17, 15) is 12.8 Å². The lowest BCUT2D eigenvalue weighted by Gasteiger charge is -2.32. The molecule has 1 heterocycles. The number of halogens is 1. The van der Waals surface area contributed by atoms with Crippen LogP contribution in [0.4, 0.5) is 4.39 Å². The van der Waals surface area contributed by atoms with Gasteiger partial charge >= 0.3 is 0 Å². The van der Waals surface area contributed by atoms with E-state index in [1.54, 1.807) is 6.07 Å². The summed E-state index contributed by atoms with van der Waals surface area (Å²) >= 11 is 0. The summed E-state index contributed by atoms with van der Waals surface area (Å²) in [6.45, 7) is 1.14. The molecular formula is C15H21FN2O2S. The molecule has 1 aromatic carbocycles. The van der Waals surface area contributed by atoms with Gasteiger partial charge in [0.2, 0.25) is 10.0 Å². The van der Waals surface area contributed by atoms with Crippen molar-refractivity contribution >= 4 is 10.0 Å². The predicted molar refractivity (Wildman–Crippen MR) is 80.0 cm³/mol. The van der Waals surface area contributed by atoms with Gasteiger partial charge in [0.15, 0.2) is 0 Å². The van der Waals surface area contributed by atoms with Crippen molar-refractivity contribution in [1.29, 1.82) is 0 Å². The second-order valence-corrected chi connectivity index (χ2v) is 7.98. The van der Waals surface area contributed by atoms with Crippen LogP contribution >= 0.6 is 0 Å². The van der Waals surface area contributed by atoms with Crippen molar-refractivity contribution in [2.75, 3.05) is 19.3 Å². The minimum atomic E-state index is -3.07. The van der Waals surface area contributed by atoms with E-state index in [1.807, 2.05) is 6.07 Å². The molecule has 3 rings (SSSR count).